The molecule has 2 unspecified atom stereocenters. The van der Waals surface area contributed by atoms with E-state index in [4.69, 9.17) is 17.3 Å². The molecule has 17 heavy (non-hydrogen) atoms. The monoisotopic (exact) mass is 269 g/mol. The van der Waals surface area contributed by atoms with Crippen molar-refractivity contribution in [2.24, 2.45) is 11.8 Å². The number of hydrogen-bond acceptors (Lipinski definition) is 2. The Morgan fingerprint density at radius 1 is 1.18 bits per heavy atom. The molecule has 1 aliphatic rings. The Labute approximate surface area is 113 Å². The van der Waals surface area contributed by atoms with E-state index >= 15 is 0 Å². The third kappa shape index (κ3) is 3.56. The first-order valence-corrected chi connectivity index (χ1v) is 7.52. The van der Waals surface area contributed by atoms with Gasteiger partial charge in [-0.25, -0.2) is 0 Å². The molecular weight excluding hydrogens is 250 g/mol. The highest BCUT2D eigenvalue weighted by Crippen LogP contribution is 2.40. The highest BCUT2D eigenvalue weighted by Gasteiger charge is 2.24. The summed E-state index contributed by atoms with van der Waals surface area (Å²) in [4.78, 5) is 1.18. The fraction of sp³-hybridized carbons (Fsp3) is 0.571. The molecule has 0 aromatic heterocycles. The van der Waals surface area contributed by atoms with Gasteiger partial charge in [0, 0.05) is 20.9 Å². The van der Waals surface area contributed by atoms with Gasteiger partial charge < -0.3 is 5.73 Å². The van der Waals surface area contributed by atoms with E-state index in [1.165, 1.54) is 24.2 Å². The lowest BCUT2D eigenvalue weighted by Gasteiger charge is -2.31. The molecule has 2 N–H and O–H groups in total. The molecule has 2 atom stereocenters. The maximum atomic E-state index is 6.00. The summed E-state index contributed by atoms with van der Waals surface area (Å²) in [5.74, 6) is 1.68. The number of thioether (sulfide) groups is 1. The first kappa shape index (κ1) is 13.1. The van der Waals surface area contributed by atoms with E-state index in [0.29, 0.717) is 5.25 Å². The van der Waals surface area contributed by atoms with E-state index in [0.717, 1.165) is 22.5 Å². The second kappa shape index (κ2) is 5.53. The van der Waals surface area contributed by atoms with Gasteiger partial charge in [-0.1, -0.05) is 25.4 Å². The normalized spacial score (nSPS) is 29.2. The molecule has 0 amide bonds. The van der Waals surface area contributed by atoms with Crippen LogP contribution in [-0.2, 0) is 0 Å². The summed E-state index contributed by atoms with van der Waals surface area (Å²) in [6, 6.07) is 5.82. The molecule has 1 fully saturated rings. The smallest absolute Gasteiger partial charge is 0.0467 e. The molecule has 1 aromatic carbocycles. The molecule has 0 bridgehead atoms. The molecule has 0 saturated heterocycles. The van der Waals surface area contributed by atoms with Crippen LogP contribution in [0.3, 0.4) is 0 Å². The van der Waals surface area contributed by atoms with Crippen LogP contribution in [0.4, 0.5) is 5.69 Å². The fourth-order valence-electron chi connectivity index (χ4n) is 2.78. The molecule has 0 spiro atoms. The second-order valence-corrected chi connectivity index (χ2v) is 7.12. The summed E-state index contributed by atoms with van der Waals surface area (Å²) in [5.41, 5.74) is 6.82. The molecule has 94 valence electrons. The zero-order valence-corrected chi connectivity index (χ0v) is 12.0. The molecule has 1 aromatic rings. The number of anilines is 1. The summed E-state index contributed by atoms with van der Waals surface area (Å²) in [5, 5.41) is 1.43. The highest BCUT2D eigenvalue weighted by atomic mass is 35.5. The van der Waals surface area contributed by atoms with E-state index in [1.54, 1.807) is 0 Å². The summed E-state index contributed by atoms with van der Waals surface area (Å²) in [6.07, 6.45) is 3.97. The SMILES string of the molecule is CC1CC(C)CC(Sc2ccc(Cl)cc2N)C1. The lowest BCUT2D eigenvalue weighted by atomic mass is 9.83. The van der Waals surface area contributed by atoms with E-state index < -0.39 is 0 Å². The minimum absolute atomic E-state index is 0.706. The first-order valence-electron chi connectivity index (χ1n) is 6.26. The Kier molecular flexibility index (Phi) is 4.26. The maximum Gasteiger partial charge on any atom is 0.0467 e. The highest BCUT2D eigenvalue weighted by molar-refractivity contribution is 8.00. The van der Waals surface area contributed by atoms with E-state index in [-0.39, 0.29) is 0 Å². The minimum atomic E-state index is 0.706. The summed E-state index contributed by atoms with van der Waals surface area (Å²) in [6.45, 7) is 4.71. The lowest BCUT2D eigenvalue weighted by molar-refractivity contribution is 0.309. The van der Waals surface area contributed by atoms with Crippen molar-refractivity contribution in [3.63, 3.8) is 0 Å². The number of hydrogen-bond donors (Lipinski definition) is 1. The van der Waals surface area contributed by atoms with Gasteiger partial charge in [0.05, 0.1) is 0 Å². The number of benzene rings is 1. The van der Waals surface area contributed by atoms with Gasteiger partial charge in [-0.2, -0.15) is 0 Å². The van der Waals surface area contributed by atoms with E-state index in [9.17, 15) is 0 Å². The average Bonchev–Trinajstić information content (AvgIpc) is 2.21. The summed E-state index contributed by atoms with van der Waals surface area (Å²) >= 11 is 7.84. The third-order valence-corrected chi connectivity index (χ3v) is 4.98. The number of halogens is 1. The van der Waals surface area contributed by atoms with Crippen molar-refractivity contribution in [2.75, 3.05) is 5.73 Å². The molecule has 0 heterocycles. The minimum Gasteiger partial charge on any atom is -0.398 e. The molecule has 1 saturated carbocycles. The fourth-order valence-corrected chi connectivity index (χ4v) is 4.51. The van der Waals surface area contributed by atoms with Crippen LogP contribution in [-0.4, -0.2) is 5.25 Å². The Bertz CT molecular complexity index is 384. The number of nitrogen functional groups attached to an aromatic ring is 1. The van der Waals surface area contributed by atoms with Gasteiger partial charge >= 0.3 is 0 Å². The Morgan fingerprint density at radius 2 is 1.82 bits per heavy atom. The van der Waals surface area contributed by atoms with Crippen LogP contribution < -0.4 is 5.73 Å². The first-order chi connectivity index (χ1) is 8.04. The van der Waals surface area contributed by atoms with Gasteiger partial charge in [-0.3, -0.25) is 0 Å². The summed E-state index contributed by atoms with van der Waals surface area (Å²) in [7, 11) is 0. The zero-order chi connectivity index (χ0) is 12.4. The topological polar surface area (TPSA) is 26.0 Å². The van der Waals surface area contributed by atoms with Crippen molar-refractivity contribution < 1.29 is 0 Å². The van der Waals surface area contributed by atoms with Gasteiger partial charge in [0.15, 0.2) is 0 Å². The second-order valence-electron chi connectivity index (χ2n) is 5.34. The van der Waals surface area contributed by atoms with E-state index in [1.807, 2.05) is 30.0 Å². The lowest BCUT2D eigenvalue weighted by Crippen LogP contribution is -2.21. The predicted octanol–water partition coefficient (Wildman–Crippen LogP) is 4.84. The van der Waals surface area contributed by atoms with Crippen LogP contribution >= 0.6 is 23.4 Å². The van der Waals surface area contributed by atoms with Crippen molar-refractivity contribution in [3.05, 3.63) is 23.2 Å². The standard InChI is InChI=1S/C14H20ClNS/c1-9-5-10(2)7-12(6-9)17-14-4-3-11(15)8-13(14)16/h3-4,8-10,12H,5-7,16H2,1-2H3. The van der Waals surface area contributed by atoms with Gasteiger partial charge in [0.2, 0.25) is 0 Å². The molecule has 0 radical (unpaired) electrons. The maximum absolute atomic E-state index is 6.00. The average molecular weight is 270 g/mol. The van der Waals surface area contributed by atoms with Gasteiger partial charge in [-0.05, 0) is 49.3 Å². The number of rotatable bonds is 2. The zero-order valence-electron chi connectivity index (χ0n) is 10.4. The van der Waals surface area contributed by atoms with Gasteiger partial charge in [-0.15, -0.1) is 11.8 Å². The predicted molar refractivity (Wildman–Crippen MR) is 77.7 cm³/mol. The van der Waals surface area contributed by atoms with Gasteiger partial charge in [0.1, 0.15) is 0 Å². The molecule has 1 aliphatic carbocycles. The van der Waals surface area contributed by atoms with Crippen LogP contribution in [0.25, 0.3) is 0 Å². The van der Waals surface area contributed by atoms with Crippen LogP contribution in [0.1, 0.15) is 33.1 Å². The molecule has 0 aliphatic heterocycles. The van der Waals surface area contributed by atoms with Crippen LogP contribution in [0.2, 0.25) is 5.02 Å². The van der Waals surface area contributed by atoms with Crippen molar-refractivity contribution >= 4 is 29.1 Å². The third-order valence-electron chi connectivity index (χ3n) is 3.40. The van der Waals surface area contributed by atoms with Crippen molar-refractivity contribution in [3.8, 4) is 0 Å². The molecular formula is C14H20ClNS. The molecule has 2 rings (SSSR count). The van der Waals surface area contributed by atoms with Crippen molar-refractivity contribution in [1.82, 2.24) is 0 Å². The Morgan fingerprint density at radius 3 is 2.41 bits per heavy atom. The molecule has 3 heteroatoms. The molecule has 1 nitrogen and oxygen atoms in total. The summed E-state index contributed by atoms with van der Waals surface area (Å²) < 4.78 is 0. The van der Waals surface area contributed by atoms with Gasteiger partial charge in [0.25, 0.3) is 0 Å². The van der Waals surface area contributed by atoms with Crippen molar-refractivity contribution in [2.45, 2.75) is 43.3 Å². The van der Waals surface area contributed by atoms with E-state index in [2.05, 4.69) is 13.8 Å². The Hall–Kier alpha value is -0.340. The number of nitrogens with two attached hydrogens (primary N) is 1. The Balaban J connectivity index is 2.04. The van der Waals surface area contributed by atoms with Crippen molar-refractivity contribution in [1.29, 1.82) is 0 Å². The van der Waals surface area contributed by atoms with Crippen LogP contribution in [0.5, 0.6) is 0 Å². The largest absolute Gasteiger partial charge is 0.398 e. The van der Waals surface area contributed by atoms with Crippen LogP contribution in [0, 0.1) is 11.8 Å². The quantitative estimate of drug-likeness (QED) is 0.778. The van der Waals surface area contributed by atoms with Crippen LogP contribution in [0.15, 0.2) is 23.1 Å².